The number of benzene rings is 2. The number of hydrogen-bond donors (Lipinski definition) is 0. The van der Waals surface area contributed by atoms with Crippen molar-refractivity contribution in [2.75, 3.05) is 24.6 Å². The monoisotopic (exact) mass is 652 g/mol. The standard InChI is InChI=1S/C29H25F9N2O5/c1-2-6-20-22(8-7-19-21(29(36,37)38)14-24(42)45-25(19)20)44-10-5-3-4-9-39-23(41)15-40(26(39)43)18-12-16(27(30,31)32)11-17(13-18)28(33,34)35/h7-8,11-14H,2-6,9-10,15H2,1H3. The van der Waals surface area contributed by atoms with E-state index >= 15 is 0 Å². The van der Waals surface area contributed by atoms with Crippen molar-refractivity contribution in [1.29, 1.82) is 0 Å². The van der Waals surface area contributed by atoms with Gasteiger partial charge in [0.05, 0.1) is 23.3 Å². The van der Waals surface area contributed by atoms with E-state index in [9.17, 15) is 53.9 Å². The van der Waals surface area contributed by atoms with E-state index in [2.05, 4.69) is 0 Å². The number of amides is 3. The quantitative estimate of drug-likeness (QED) is 0.0966. The molecular formula is C29H25F9N2O5. The van der Waals surface area contributed by atoms with E-state index in [1.54, 1.807) is 6.92 Å². The van der Waals surface area contributed by atoms with Crippen LogP contribution in [-0.2, 0) is 29.7 Å². The number of unbranched alkanes of at least 4 members (excludes halogenated alkanes) is 2. The molecule has 1 aromatic heterocycles. The van der Waals surface area contributed by atoms with E-state index in [1.807, 2.05) is 0 Å². The number of urea groups is 1. The highest BCUT2D eigenvalue weighted by Gasteiger charge is 2.41. The molecule has 0 atom stereocenters. The van der Waals surface area contributed by atoms with Crippen LogP contribution in [0.15, 0.2) is 45.6 Å². The van der Waals surface area contributed by atoms with Gasteiger partial charge in [-0.3, -0.25) is 14.6 Å². The number of hydrogen-bond acceptors (Lipinski definition) is 5. The molecule has 3 amide bonds. The van der Waals surface area contributed by atoms with Crippen molar-refractivity contribution in [3.05, 3.63) is 69.1 Å². The minimum Gasteiger partial charge on any atom is -0.493 e. The zero-order valence-electron chi connectivity index (χ0n) is 23.5. The number of nitrogens with zero attached hydrogens (tertiary/aromatic N) is 2. The largest absolute Gasteiger partial charge is 0.493 e. The van der Waals surface area contributed by atoms with Crippen LogP contribution in [0.2, 0.25) is 0 Å². The zero-order chi connectivity index (χ0) is 33.3. The van der Waals surface area contributed by atoms with E-state index < -0.39 is 65.0 Å². The van der Waals surface area contributed by atoms with Crippen LogP contribution in [0.4, 0.5) is 50.0 Å². The number of fused-ring (bicyclic) bond motifs is 1. The third-order valence-corrected chi connectivity index (χ3v) is 7.00. The van der Waals surface area contributed by atoms with Crippen LogP contribution in [0.1, 0.15) is 54.9 Å². The second-order valence-corrected chi connectivity index (χ2v) is 10.2. The molecule has 3 aromatic rings. The minimum atomic E-state index is -5.13. The molecule has 0 aliphatic carbocycles. The van der Waals surface area contributed by atoms with Crippen molar-refractivity contribution in [2.24, 2.45) is 0 Å². The predicted octanol–water partition coefficient (Wildman–Crippen LogP) is 7.82. The van der Waals surface area contributed by atoms with Gasteiger partial charge in [-0.2, -0.15) is 39.5 Å². The first-order valence-corrected chi connectivity index (χ1v) is 13.6. The van der Waals surface area contributed by atoms with Gasteiger partial charge >= 0.3 is 30.2 Å². The molecule has 0 N–H and O–H groups in total. The first-order valence-electron chi connectivity index (χ1n) is 13.6. The van der Waals surface area contributed by atoms with Crippen LogP contribution < -0.4 is 15.3 Å². The van der Waals surface area contributed by atoms with Gasteiger partial charge in [0.25, 0.3) is 5.91 Å². The van der Waals surface area contributed by atoms with Crippen molar-refractivity contribution in [3.8, 4) is 5.75 Å². The fraction of sp³-hybridized carbons (Fsp3) is 0.414. The van der Waals surface area contributed by atoms with Gasteiger partial charge < -0.3 is 9.15 Å². The predicted molar refractivity (Wildman–Crippen MR) is 142 cm³/mol. The summed E-state index contributed by atoms with van der Waals surface area (Å²) >= 11 is 0. The number of anilines is 1. The Labute approximate surface area is 249 Å². The molecule has 244 valence electrons. The third-order valence-electron chi connectivity index (χ3n) is 7.00. The van der Waals surface area contributed by atoms with Crippen molar-refractivity contribution in [2.45, 2.75) is 57.6 Å². The lowest BCUT2D eigenvalue weighted by molar-refractivity contribution is -0.143. The van der Waals surface area contributed by atoms with Gasteiger partial charge in [-0.25, -0.2) is 9.59 Å². The van der Waals surface area contributed by atoms with E-state index in [1.165, 1.54) is 6.07 Å². The molecule has 4 rings (SSSR count). The lowest BCUT2D eigenvalue weighted by atomic mass is 10.0. The fourth-order valence-electron chi connectivity index (χ4n) is 4.91. The molecule has 45 heavy (non-hydrogen) atoms. The number of imide groups is 1. The SMILES string of the molecule is CCCc1c(OCCCCCN2C(=O)CN(c3cc(C(F)(F)F)cc(C(F)(F)F)c3)C2=O)ccc2c(C(F)(F)F)cc(=O)oc12. The maximum Gasteiger partial charge on any atom is 0.417 e. The Morgan fingerprint density at radius 1 is 0.822 bits per heavy atom. The zero-order valence-corrected chi connectivity index (χ0v) is 23.5. The molecule has 0 bridgehead atoms. The topological polar surface area (TPSA) is 80.1 Å². The highest BCUT2D eigenvalue weighted by Crippen LogP contribution is 2.40. The summed E-state index contributed by atoms with van der Waals surface area (Å²) in [5.74, 6) is -0.589. The van der Waals surface area contributed by atoms with E-state index in [0.717, 1.165) is 11.0 Å². The molecule has 7 nitrogen and oxygen atoms in total. The Morgan fingerprint density at radius 2 is 1.47 bits per heavy atom. The molecule has 16 heteroatoms. The van der Waals surface area contributed by atoms with Crippen molar-refractivity contribution >= 4 is 28.6 Å². The van der Waals surface area contributed by atoms with Crippen molar-refractivity contribution in [1.82, 2.24) is 4.90 Å². The smallest absolute Gasteiger partial charge is 0.417 e. The summed E-state index contributed by atoms with van der Waals surface area (Å²) in [5, 5.41) is -0.286. The van der Waals surface area contributed by atoms with Crippen LogP contribution in [0.3, 0.4) is 0 Å². The average molecular weight is 653 g/mol. The number of ether oxygens (including phenoxy) is 1. The Bertz CT molecular complexity index is 1610. The van der Waals surface area contributed by atoms with Gasteiger partial charge in [0, 0.05) is 29.2 Å². The van der Waals surface area contributed by atoms with Gasteiger partial charge in [0.2, 0.25) is 0 Å². The Morgan fingerprint density at radius 3 is 2.04 bits per heavy atom. The maximum atomic E-state index is 13.5. The molecule has 1 fully saturated rings. The van der Waals surface area contributed by atoms with Gasteiger partial charge in [0.1, 0.15) is 17.9 Å². The number of halogens is 9. The van der Waals surface area contributed by atoms with Crippen LogP contribution in [0, 0.1) is 0 Å². The van der Waals surface area contributed by atoms with Crippen LogP contribution in [0.25, 0.3) is 11.0 Å². The summed E-state index contributed by atoms with van der Waals surface area (Å²) in [5.41, 5.74) is -6.20. The average Bonchev–Trinajstić information content (AvgIpc) is 3.22. The number of carbonyl (C=O) groups excluding carboxylic acids is 2. The second kappa shape index (κ2) is 12.6. The van der Waals surface area contributed by atoms with Gasteiger partial charge in [0.15, 0.2) is 0 Å². The first-order chi connectivity index (χ1) is 20.9. The lowest BCUT2D eigenvalue weighted by Gasteiger charge is -2.20. The van der Waals surface area contributed by atoms with E-state index in [4.69, 9.17) is 9.15 Å². The minimum absolute atomic E-state index is 0.0594. The molecule has 2 aromatic carbocycles. The number of carbonyl (C=O) groups is 2. The molecule has 1 saturated heterocycles. The van der Waals surface area contributed by atoms with Crippen LogP contribution in [-0.4, -0.2) is 36.5 Å². The molecule has 0 unspecified atom stereocenters. The highest BCUT2D eigenvalue weighted by molar-refractivity contribution is 6.12. The van der Waals surface area contributed by atoms with Crippen LogP contribution in [0.5, 0.6) is 5.75 Å². The molecule has 2 heterocycles. The lowest BCUT2D eigenvalue weighted by Crippen LogP contribution is -2.34. The summed E-state index contributed by atoms with van der Waals surface area (Å²) in [6, 6.07) is 2.47. The summed E-state index contributed by atoms with van der Waals surface area (Å²) in [6.45, 7) is 0.930. The molecule has 1 aliphatic rings. The number of alkyl halides is 9. The first kappa shape index (κ1) is 33.6. The summed E-state index contributed by atoms with van der Waals surface area (Å²) in [6.07, 6.45) is -13.4. The van der Waals surface area contributed by atoms with Gasteiger partial charge in [-0.05, 0) is 56.0 Å². The van der Waals surface area contributed by atoms with Crippen molar-refractivity contribution in [3.63, 3.8) is 0 Å². The molecule has 1 aliphatic heterocycles. The molecule has 0 spiro atoms. The van der Waals surface area contributed by atoms with Crippen LogP contribution >= 0.6 is 0 Å². The normalized spacial score (nSPS) is 14.6. The van der Waals surface area contributed by atoms with Gasteiger partial charge in [-0.15, -0.1) is 0 Å². The number of rotatable bonds is 10. The fourth-order valence-corrected chi connectivity index (χ4v) is 4.91. The van der Waals surface area contributed by atoms with E-state index in [0.29, 0.717) is 42.4 Å². The maximum absolute atomic E-state index is 13.5. The highest BCUT2D eigenvalue weighted by atomic mass is 19.4. The number of aryl methyl sites for hydroxylation is 1. The third kappa shape index (κ3) is 7.53. The summed E-state index contributed by atoms with van der Waals surface area (Å²) < 4.78 is 131. The van der Waals surface area contributed by atoms with Gasteiger partial charge in [-0.1, -0.05) is 13.3 Å². The Balaban J connectivity index is 1.39. The van der Waals surface area contributed by atoms with Crippen molar-refractivity contribution < 1.29 is 58.3 Å². The summed E-state index contributed by atoms with van der Waals surface area (Å²) in [7, 11) is 0. The van der Waals surface area contributed by atoms with E-state index in [-0.39, 0.29) is 54.3 Å². The Kier molecular flexibility index (Phi) is 9.45. The molecule has 0 saturated carbocycles. The second-order valence-electron chi connectivity index (χ2n) is 10.2. The summed E-state index contributed by atoms with van der Waals surface area (Å²) in [4.78, 5) is 38.4. The Hall–Kier alpha value is -4.24. The molecular weight excluding hydrogens is 627 g/mol. The molecule has 0 radical (unpaired) electrons.